The van der Waals surface area contributed by atoms with E-state index in [-0.39, 0.29) is 5.56 Å². The van der Waals surface area contributed by atoms with Crippen LogP contribution in [0.25, 0.3) is 0 Å². The van der Waals surface area contributed by atoms with Crippen LogP contribution in [0.1, 0.15) is 10.4 Å². The monoisotopic (exact) mass is 375 g/mol. The zero-order valence-electron chi connectivity index (χ0n) is 15.5. The van der Waals surface area contributed by atoms with Crippen molar-refractivity contribution in [1.82, 2.24) is 0 Å². The fraction of sp³-hybridized carbons (Fsp3) is 0.263. The molecule has 0 unspecified atom stereocenters. The van der Waals surface area contributed by atoms with Crippen LogP contribution < -0.4 is 24.3 Å². The van der Waals surface area contributed by atoms with Crippen LogP contribution in [0.5, 0.6) is 23.0 Å². The lowest BCUT2D eigenvalue weighted by molar-refractivity contribution is -0.119. The summed E-state index contributed by atoms with van der Waals surface area (Å²) in [5, 5.41) is 2.62. The van der Waals surface area contributed by atoms with Gasteiger partial charge in [0.15, 0.2) is 18.1 Å². The van der Waals surface area contributed by atoms with Gasteiger partial charge in [0, 0.05) is 17.8 Å². The normalized spacial score (nSPS) is 9.93. The number of amides is 1. The summed E-state index contributed by atoms with van der Waals surface area (Å²) in [6.07, 6.45) is 0. The summed E-state index contributed by atoms with van der Waals surface area (Å²) >= 11 is 0. The van der Waals surface area contributed by atoms with Crippen LogP contribution in [0.15, 0.2) is 36.4 Å². The average molecular weight is 375 g/mol. The molecule has 0 aliphatic carbocycles. The number of nitrogens with one attached hydrogen (secondary N) is 1. The van der Waals surface area contributed by atoms with E-state index in [1.54, 1.807) is 24.3 Å². The van der Waals surface area contributed by atoms with Crippen LogP contribution in [0.2, 0.25) is 0 Å². The van der Waals surface area contributed by atoms with Gasteiger partial charge in [-0.3, -0.25) is 4.79 Å². The number of esters is 1. The molecule has 2 rings (SSSR count). The van der Waals surface area contributed by atoms with Gasteiger partial charge in [-0.2, -0.15) is 0 Å². The molecular formula is C19H21NO7. The molecule has 0 bridgehead atoms. The van der Waals surface area contributed by atoms with Crippen molar-refractivity contribution in [2.45, 2.75) is 0 Å². The Labute approximate surface area is 156 Å². The number of benzene rings is 2. The summed E-state index contributed by atoms with van der Waals surface area (Å²) in [6.45, 7) is -0.452. The van der Waals surface area contributed by atoms with Crippen LogP contribution >= 0.6 is 0 Å². The lowest BCUT2D eigenvalue weighted by Crippen LogP contribution is -2.21. The third-order valence-electron chi connectivity index (χ3n) is 3.59. The molecule has 0 saturated heterocycles. The predicted molar refractivity (Wildman–Crippen MR) is 98.0 cm³/mol. The summed E-state index contributed by atoms with van der Waals surface area (Å²) in [6, 6.07) is 9.52. The number of hydrogen-bond acceptors (Lipinski definition) is 7. The summed E-state index contributed by atoms with van der Waals surface area (Å²) in [5.74, 6) is 0.719. The third-order valence-corrected chi connectivity index (χ3v) is 3.59. The van der Waals surface area contributed by atoms with Gasteiger partial charge >= 0.3 is 5.97 Å². The number of ether oxygens (including phenoxy) is 5. The SMILES string of the molecule is COc1cc(OC)cc(C(=O)OCC(=O)Nc2ccc(OC)c(OC)c2)c1. The fourth-order valence-corrected chi connectivity index (χ4v) is 2.25. The Morgan fingerprint density at radius 2 is 1.44 bits per heavy atom. The first kappa shape index (κ1) is 19.9. The number of hydrogen-bond donors (Lipinski definition) is 1. The molecule has 0 spiro atoms. The van der Waals surface area contributed by atoms with Crippen LogP contribution in [-0.4, -0.2) is 46.9 Å². The van der Waals surface area contributed by atoms with Crippen LogP contribution in [0.3, 0.4) is 0 Å². The number of carbonyl (C=O) groups excluding carboxylic acids is 2. The Morgan fingerprint density at radius 3 is 2.00 bits per heavy atom. The minimum atomic E-state index is -0.672. The maximum absolute atomic E-state index is 12.2. The second-order valence-electron chi connectivity index (χ2n) is 5.30. The number of carbonyl (C=O) groups is 2. The van der Waals surface area contributed by atoms with E-state index in [4.69, 9.17) is 23.7 Å². The lowest BCUT2D eigenvalue weighted by atomic mass is 10.2. The molecule has 2 aromatic carbocycles. The Bertz CT molecular complexity index is 797. The van der Waals surface area contributed by atoms with Crippen molar-refractivity contribution in [2.75, 3.05) is 40.4 Å². The summed E-state index contributed by atoms with van der Waals surface area (Å²) in [7, 11) is 5.96. The predicted octanol–water partition coefficient (Wildman–Crippen LogP) is 2.52. The van der Waals surface area contributed by atoms with E-state index in [9.17, 15) is 9.59 Å². The zero-order chi connectivity index (χ0) is 19.8. The van der Waals surface area contributed by atoms with Crippen LogP contribution in [-0.2, 0) is 9.53 Å². The first-order chi connectivity index (χ1) is 13.0. The third kappa shape index (κ3) is 5.27. The number of anilines is 1. The molecule has 2 aromatic rings. The van der Waals surface area contributed by atoms with E-state index in [1.807, 2.05) is 0 Å². The van der Waals surface area contributed by atoms with Gasteiger partial charge in [0.2, 0.25) is 0 Å². The average Bonchev–Trinajstić information content (AvgIpc) is 2.71. The molecule has 0 aliphatic rings. The van der Waals surface area contributed by atoms with Crippen molar-refractivity contribution < 1.29 is 33.3 Å². The Balaban J connectivity index is 1.98. The van der Waals surface area contributed by atoms with Crippen molar-refractivity contribution in [3.05, 3.63) is 42.0 Å². The molecule has 0 fully saturated rings. The smallest absolute Gasteiger partial charge is 0.338 e. The molecule has 144 valence electrons. The summed E-state index contributed by atoms with van der Waals surface area (Å²) in [5.41, 5.74) is 0.696. The lowest BCUT2D eigenvalue weighted by Gasteiger charge is -2.11. The second kappa shape index (κ2) is 9.33. The van der Waals surface area contributed by atoms with E-state index in [0.717, 1.165) is 0 Å². The van der Waals surface area contributed by atoms with Crippen molar-refractivity contribution in [1.29, 1.82) is 0 Å². The molecular weight excluding hydrogens is 354 g/mol. The van der Waals surface area contributed by atoms with Gasteiger partial charge in [0.05, 0.1) is 34.0 Å². The van der Waals surface area contributed by atoms with Gasteiger partial charge in [-0.05, 0) is 24.3 Å². The molecule has 0 atom stereocenters. The van der Waals surface area contributed by atoms with Crippen LogP contribution in [0.4, 0.5) is 5.69 Å². The van der Waals surface area contributed by atoms with E-state index < -0.39 is 18.5 Å². The highest BCUT2D eigenvalue weighted by molar-refractivity contribution is 5.96. The Morgan fingerprint density at radius 1 is 0.815 bits per heavy atom. The van der Waals surface area contributed by atoms with E-state index in [2.05, 4.69) is 5.32 Å². The number of rotatable bonds is 8. The maximum atomic E-state index is 12.2. The highest BCUT2D eigenvalue weighted by Crippen LogP contribution is 2.29. The first-order valence-electron chi connectivity index (χ1n) is 7.92. The van der Waals surface area contributed by atoms with Crippen molar-refractivity contribution in [3.8, 4) is 23.0 Å². The van der Waals surface area contributed by atoms with Gasteiger partial charge in [0.25, 0.3) is 5.91 Å². The standard InChI is InChI=1S/C19H21NO7/c1-23-14-7-12(8-15(10-14)24-2)19(22)27-11-18(21)20-13-5-6-16(25-3)17(9-13)26-4/h5-10H,11H2,1-4H3,(H,20,21). The quantitative estimate of drug-likeness (QED) is 0.709. The van der Waals surface area contributed by atoms with Gasteiger partial charge in [0.1, 0.15) is 11.5 Å². The van der Waals surface area contributed by atoms with E-state index >= 15 is 0 Å². The van der Waals surface area contributed by atoms with Crippen molar-refractivity contribution in [2.24, 2.45) is 0 Å². The maximum Gasteiger partial charge on any atom is 0.338 e. The molecule has 0 saturated carbocycles. The highest BCUT2D eigenvalue weighted by atomic mass is 16.5. The molecule has 0 radical (unpaired) electrons. The molecule has 1 amide bonds. The molecule has 0 aliphatic heterocycles. The highest BCUT2D eigenvalue weighted by Gasteiger charge is 2.14. The van der Waals surface area contributed by atoms with Gasteiger partial charge < -0.3 is 29.0 Å². The number of methoxy groups -OCH3 is 4. The van der Waals surface area contributed by atoms with Gasteiger partial charge in [-0.15, -0.1) is 0 Å². The Hall–Kier alpha value is -3.42. The van der Waals surface area contributed by atoms with Crippen molar-refractivity contribution in [3.63, 3.8) is 0 Å². The molecule has 8 heteroatoms. The van der Waals surface area contributed by atoms with Crippen LogP contribution in [0, 0.1) is 0 Å². The molecule has 0 aromatic heterocycles. The molecule has 27 heavy (non-hydrogen) atoms. The van der Waals surface area contributed by atoms with Crippen molar-refractivity contribution >= 4 is 17.6 Å². The molecule has 1 N–H and O–H groups in total. The second-order valence-corrected chi connectivity index (χ2v) is 5.30. The van der Waals surface area contributed by atoms with E-state index in [0.29, 0.717) is 28.7 Å². The zero-order valence-corrected chi connectivity index (χ0v) is 15.5. The van der Waals surface area contributed by atoms with Gasteiger partial charge in [-0.25, -0.2) is 4.79 Å². The largest absolute Gasteiger partial charge is 0.497 e. The first-order valence-corrected chi connectivity index (χ1v) is 7.92. The summed E-state index contributed by atoms with van der Waals surface area (Å²) in [4.78, 5) is 24.2. The van der Waals surface area contributed by atoms with Gasteiger partial charge in [-0.1, -0.05) is 0 Å². The molecule has 0 heterocycles. The minimum Gasteiger partial charge on any atom is -0.497 e. The molecule has 8 nitrogen and oxygen atoms in total. The van der Waals surface area contributed by atoms with E-state index in [1.165, 1.54) is 40.6 Å². The fourth-order valence-electron chi connectivity index (χ4n) is 2.25. The summed E-state index contributed by atoms with van der Waals surface area (Å²) < 4.78 is 25.6. The minimum absolute atomic E-state index is 0.213. The Kier molecular flexibility index (Phi) is 6.87. The topological polar surface area (TPSA) is 92.3 Å².